The fraction of sp³-hybridized carbons (Fsp3) is 0.0952. The minimum atomic E-state index is -3.85. The Hall–Kier alpha value is -3.72. The van der Waals surface area contributed by atoms with Gasteiger partial charge in [0, 0.05) is 18.1 Å². The molecule has 8 nitrogen and oxygen atoms in total. The number of anilines is 2. The molecule has 3 aromatic carbocycles. The molecule has 0 fully saturated rings. The third-order valence-corrected chi connectivity index (χ3v) is 7.14. The lowest BCUT2D eigenvalue weighted by Gasteiger charge is -2.18. The largest absolute Gasteiger partial charge is 0.324 e. The number of rotatable bonds is 3. The topological polar surface area (TPSA) is 104 Å². The van der Waals surface area contributed by atoms with E-state index in [1.54, 1.807) is 18.2 Å². The summed E-state index contributed by atoms with van der Waals surface area (Å²) in [6.07, 6.45) is 0. The number of nitrogens with one attached hydrogen (secondary N) is 1. The van der Waals surface area contributed by atoms with E-state index in [4.69, 9.17) is 0 Å². The van der Waals surface area contributed by atoms with Crippen LogP contribution in [0.5, 0.6) is 0 Å². The number of hydrogen-bond acceptors (Lipinski definition) is 5. The molecule has 9 heteroatoms. The molecule has 2 aliphatic heterocycles. The van der Waals surface area contributed by atoms with Crippen LogP contribution in [0.15, 0.2) is 59.5 Å². The Bertz CT molecular complexity index is 1390. The van der Waals surface area contributed by atoms with Crippen LogP contribution in [0.3, 0.4) is 0 Å². The van der Waals surface area contributed by atoms with Gasteiger partial charge in [0.1, 0.15) is 6.54 Å². The van der Waals surface area contributed by atoms with Gasteiger partial charge in [-0.2, -0.15) is 0 Å². The molecule has 0 saturated heterocycles. The van der Waals surface area contributed by atoms with Gasteiger partial charge in [-0.15, -0.1) is 0 Å². The smallest absolute Gasteiger partial charge is 0.265 e. The van der Waals surface area contributed by atoms with E-state index in [9.17, 15) is 22.8 Å². The van der Waals surface area contributed by atoms with E-state index in [1.807, 2.05) is 12.1 Å². The highest BCUT2D eigenvalue weighted by molar-refractivity contribution is 7.93. The summed E-state index contributed by atoms with van der Waals surface area (Å²) in [4.78, 5) is 38.0. The van der Waals surface area contributed by atoms with Gasteiger partial charge in [0.2, 0.25) is 5.91 Å². The van der Waals surface area contributed by atoms with E-state index in [0.29, 0.717) is 16.8 Å². The molecule has 2 heterocycles. The Morgan fingerprint density at radius 3 is 2.43 bits per heavy atom. The van der Waals surface area contributed by atoms with Crippen molar-refractivity contribution in [1.82, 2.24) is 4.90 Å². The van der Waals surface area contributed by atoms with Crippen molar-refractivity contribution in [2.45, 2.75) is 4.90 Å². The third kappa shape index (κ3) is 2.45. The third-order valence-electron chi connectivity index (χ3n) is 5.34. The maximum Gasteiger partial charge on any atom is 0.265 e. The zero-order valence-electron chi connectivity index (χ0n) is 15.7. The second kappa shape index (κ2) is 6.14. The lowest BCUT2D eigenvalue weighted by Crippen LogP contribution is -2.35. The molecule has 30 heavy (non-hydrogen) atoms. The molecule has 3 aromatic rings. The highest BCUT2D eigenvalue weighted by Gasteiger charge is 2.37. The number of benzene rings is 3. The van der Waals surface area contributed by atoms with Crippen LogP contribution in [0.1, 0.15) is 20.7 Å². The summed E-state index contributed by atoms with van der Waals surface area (Å²) in [5.74, 6) is -1.41. The Morgan fingerprint density at radius 2 is 1.67 bits per heavy atom. The number of carbonyl (C=O) groups is 3. The molecule has 0 saturated carbocycles. The first kappa shape index (κ1) is 18.3. The molecular formula is C21H15N3O5S. The number of hydrogen-bond donors (Lipinski definition) is 1. The van der Waals surface area contributed by atoms with Crippen LogP contribution in [0.2, 0.25) is 0 Å². The van der Waals surface area contributed by atoms with Gasteiger partial charge in [-0.3, -0.25) is 23.6 Å². The van der Waals surface area contributed by atoms with Crippen LogP contribution in [0.4, 0.5) is 11.4 Å². The van der Waals surface area contributed by atoms with Gasteiger partial charge in [0.05, 0.1) is 21.7 Å². The van der Waals surface area contributed by atoms with Gasteiger partial charge in [0.15, 0.2) is 0 Å². The normalized spacial score (nSPS) is 16.3. The summed E-state index contributed by atoms with van der Waals surface area (Å²) in [6, 6.07) is 14.6. The van der Waals surface area contributed by atoms with E-state index in [2.05, 4.69) is 5.32 Å². The first-order chi connectivity index (χ1) is 14.3. The summed E-state index contributed by atoms with van der Waals surface area (Å²) in [5, 5.41) is 3.99. The van der Waals surface area contributed by atoms with Crippen LogP contribution in [0, 0.1) is 0 Å². The van der Waals surface area contributed by atoms with Crippen molar-refractivity contribution in [3.8, 4) is 0 Å². The number of nitrogens with zero attached hydrogens (tertiary/aromatic N) is 2. The number of sulfonamides is 1. The Morgan fingerprint density at radius 1 is 0.967 bits per heavy atom. The van der Waals surface area contributed by atoms with Gasteiger partial charge >= 0.3 is 0 Å². The Labute approximate surface area is 171 Å². The van der Waals surface area contributed by atoms with Gasteiger partial charge in [-0.05, 0) is 35.7 Å². The fourth-order valence-corrected chi connectivity index (χ4v) is 5.57. The quantitative estimate of drug-likeness (QED) is 0.653. The minimum Gasteiger partial charge on any atom is -0.324 e. The highest BCUT2D eigenvalue weighted by atomic mass is 32.2. The molecule has 0 aromatic heterocycles. The van der Waals surface area contributed by atoms with Crippen molar-refractivity contribution >= 4 is 49.9 Å². The van der Waals surface area contributed by atoms with Crippen molar-refractivity contribution in [2.24, 2.45) is 0 Å². The van der Waals surface area contributed by atoms with Gasteiger partial charge in [0.25, 0.3) is 21.8 Å². The zero-order chi connectivity index (χ0) is 21.2. The minimum absolute atomic E-state index is 0.174. The van der Waals surface area contributed by atoms with Gasteiger partial charge in [-0.25, -0.2) is 8.42 Å². The molecule has 0 unspecified atom stereocenters. The fourth-order valence-electron chi connectivity index (χ4n) is 3.90. The SMILES string of the molecule is CN1C(=O)c2ccc(NC(=O)CN3c4cccc5cccc(c45)S3(=O)=O)cc2C1=O. The molecule has 0 aliphatic carbocycles. The maximum atomic E-state index is 13.0. The van der Waals surface area contributed by atoms with Crippen LogP contribution >= 0.6 is 0 Å². The van der Waals surface area contributed by atoms with E-state index >= 15 is 0 Å². The predicted octanol–water partition coefficient (Wildman–Crippen LogP) is 2.21. The zero-order valence-corrected chi connectivity index (χ0v) is 16.6. The molecule has 0 spiro atoms. The van der Waals surface area contributed by atoms with Crippen LogP contribution in [-0.2, 0) is 14.8 Å². The average Bonchev–Trinajstić information content (AvgIpc) is 3.07. The lowest BCUT2D eigenvalue weighted by atomic mass is 10.1. The van der Waals surface area contributed by atoms with E-state index in [-0.39, 0.29) is 16.0 Å². The summed E-state index contributed by atoms with van der Waals surface area (Å²) < 4.78 is 27.0. The summed E-state index contributed by atoms with van der Waals surface area (Å²) >= 11 is 0. The molecule has 3 amide bonds. The predicted molar refractivity (Wildman–Crippen MR) is 110 cm³/mol. The molecular weight excluding hydrogens is 406 g/mol. The standard InChI is InChI=1S/C21H15N3O5S/c1-23-20(26)14-9-8-13(10-15(14)21(23)27)22-18(25)11-24-16-6-2-4-12-5-3-7-17(19(12)16)30(24,28)29/h2-10H,11H2,1H3,(H,22,25). The van der Waals surface area contributed by atoms with Crippen molar-refractivity contribution in [2.75, 3.05) is 23.2 Å². The molecule has 0 bridgehead atoms. The highest BCUT2D eigenvalue weighted by Crippen LogP contribution is 2.41. The molecule has 0 atom stereocenters. The van der Waals surface area contributed by atoms with Crippen molar-refractivity contribution in [1.29, 1.82) is 0 Å². The Kier molecular flexibility index (Phi) is 3.75. The first-order valence-corrected chi connectivity index (χ1v) is 10.5. The molecule has 0 radical (unpaired) electrons. The number of carbonyl (C=O) groups excluding carboxylic acids is 3. The molecule has 5 rings (SSSR count). The summed E-state index contributed by atoms with van der Waals surface area (Å²) in [5.41, 5.74) is 1.23. The number of fused-ring (bicyclic) bond motifs is 1. The lowest BCUT2D eigenvalue weighted by molar-refractivity contribution is -0.114. The van der Waals surface area contributed by atoms with Crippen LogP contribution in [0.25, 0.3) is 10.8 Å². The molecule has 2 aliphatic rings. The van der Waals surface area contributed by atoms with Crippen molar-refractivity contribution in [3.63, 3.8) is 0 Å². The van der Waals surface area contributed by atoms with E-state index in [1.165, 1.54) is 31.3 Å². The van der Waals surface area contributed by atoms with E-state index < -0.39 is 34.3 Å². The number of amides is 3. The first-order valence-electron chi connectivity index (χ1n) is 9.10. The second-order valence-corrected chi connectivity index (χ2v) is 8.95. The monoisotopic (exact) mass is 421 g/mol. The number of imide groups is 1. The van der Waals surface area contributed by atoms with Crippen LogP contribution in [-0.4, -0.2) is 44.6 Å². The van der Waals surface area contributed by atoms with Crippen LogP contribution < -0.4 is 9.62 Å². The van der Waals surface area contributed by atoms with E-state index in [0.717, 1.165) is 14.6 Å². The summed E-state index contributed by atoms with van der Waals surface area (Å²) in [7, 11) is -2.46. The molecule has 1 N–H and O–H groups in total. The van der Waals surface area contributed by atoms with Gasteiger partial charge < -0.3 is 5.32 Å². The Balaban J connectivity index is 1.43. The average molecular weight is 421 g/mol. The summed E-state index contributed by atoms with van der Waals surface area (Å²) in [6.45, 7) is -0.417. The second-order valence-electron chi connectivity index (χ2n) is 7.12. The maximum absolute atomic E-state index is 13.0. The molecule has 150 valence electrons. The van der Waals surface area contributed by atoms with Crippen molar-refractivity contribution in [3.05, 3.63) is 65.7 Å². The van der Waals surface area contributed by atoms with Crippen molar-refractivity contribution < 1.29 is 22.8 Å². The van der Waals surface area contributed by atoms with Gasteiger partial charge in [-0.1, -0.05) is 24.3 Å².